The molecule has 156 valence electrons. The van der Waals surface area contributed by atoms with Gasteiger partial charge in [-0.05, 0) is 48.9 Å². The standard InChI is InChI=1S/C19H20ClFN2O5S/c1-28-19(25)13-5-10-16(20)17(12-13)22-18(24)4-3-11-23(29(2,26)27)15-8-6-14(21)7-9-15/h5-10,12H,3-4,11H2,1-2H3,(H,22,24). The molecule has 7 nitrogen and oxygen atoms in total. The van der Waals surface area contributed by atoms with Crippen LogP contribution in [0.25, 0.3) is 0 Å². The highest BCUT2D eigenvalue weighted by Gasteiger charge is 2.18. The average Bonchev–Trinajstić information content (AvgIpc) is 2.66. The van der Waals surface area contributed by atoms with Gasteiger partial charge < -0.3 is 10.1 Å². The first-order valence-electron chi connectivity index (χ1n) is 8.53. The first-order chi connectivity index (χ1) is 13.6. The van der Waals surface area contributed by atoms with E-state index in [1.165, 1.54) is 37.4 Å². The van der Waals surface area contributed by atoms with E-state index in [9.17, 15) is 22.4 Å². The van der Waals surface area contributed by atoms with Crippen LogP contribution in [-0.2, 0) is 19.6 Å². The number of anilines is 2. The molecule has 0 spiro atoms. The quantitative estimate of drug-likeness (QED) is 0.632. The molecule has 1 amide bonds. The highest BCUT2D eigenvalue weighted by Crippen LogP contribution is 2.24. The smallest absolute Gasteiger partial charge is 0.337 e. The minimum Gasteiger partial charge on any atom is -0.465 e. The SMILES string of the molecule is COC(=O)c1ccc(Cl)c(NC(=O)CCCN(c2ccc(F)cc2)S(C)(=O)=O)c1. The summed E-state index contributed by atoms with van der Waals surface area (Å²) in [5, 5.41) is 2.84. The third-order valence-electron chi connectivity index (χ3n) is 3.94. The predicted molar refractivity (Wildman–Crippen MR) is 109 cm³/mol. The molecule has 2 rings (SSSR count). The molecular weight excluding hydrogens is 423 g/mol. The monoisotopic (exact) mass is 442 g/mol. The molecule has 29 heavy (non-hydrogen) atoms. The third-order valence-corrected chi connectivity index (χ3v) is 5.47. The van der Waals surface area contributed by atoms with Crippen LogP contribution in [-0.4, -0.2) is 40.2 Å². The maximum absolute atomic E-state index is 13.1. The van der Waals surface area contributed by atoms with Crippen molar-refractivity contribution in [2.75, 3.05) is 29.5 Å². The van der Waals surface area contributed by atoms with Gasteiger partial charge in [0.15, 0.2) is 0 Å². The fraction of sp³-hybridized carbons (Fsp3) is 0.263. The molecule has 0 aliphatic heterocycles. The molecule has 0 saturated heterocycles. The minimum atomic E-state index is -3.61. The molecule has 10 heteroatoms. The second-order valence-corrected chi connectivity index (χ2v) is 8.46. The summed E-state index contributed by atoms with van der Waals surface area (Å²) >= 11 is 6.04. The van der Waals surface area contributed by atoms with Crippen molar-refractivity contribution in [1.82, 2.24) is 0 Å². The largest absolute Gasteiger partial charge is 0.465 e. The van der Waals surface area contributed by atoms with Gasteiger partial charge in [0, 0.05) is 13.0 Å². The van der Waals surface area contributed by atoms with Gasteiger partial charge in [0.25, 0.3) is 0 Å². The fourth-order valence-electron chi connectivity index (χ4n) is 2.56. The molecule has 0 fully saturated rings. The van der Waals surface area contributed by atoms with Crippen LogP contribution < -0.4 is 9.62 Å². The van der Waals surface area contributed by atoms with Crippen molar-refractivity contribution in [2.24, 2.45) is 0 Å². The van der Waals surface area contributed by atoms with Crippen molar-refractivity contribution in [3.05, 3.63) is 58.9 Å². The summed E-state index contributed by atoms with van der Waals surface area (Å²) in [6.45, 7) is 0.0355. The number of esters is 1. The van der Waals surface area contributed by atoms with Gasteiger partial charge in [-0.25, -0.2) is 17.6 Å². The van der Waals surface area contributed by atoms with Crippen LogP contribution in [0.5, 0.6) is 0 Å². The molecule has 0 bridgehead atoms. The number of carbonyl (C=O) groups is 2. The Balaban J connectivity index is 2.01. The van der Waals surface area contributed by atoms with Gasteiger partial charge in [-0.15, -0.1) is 0 Å². The number of rotatable bonds is 8. The summed E-state index contributed by atoms with van der Waals surface area (Å²) < 4.78 is 42.9. The maximum Gasteiger partial charge on any atom is 0.337 e. The number of ether oxygens (including phenoxy) is 1. The molecule has 1 N–H and O–H groups in total. The van der Waals surface area contributed by atoms with Crippen LogP contribution >= 0.6 is 11.6 Å². The normalized spacial score (nSPS) is 11.0. The lowest BCUT2D eigenvalue weighted by atomic mass is 10.2. The lowest BCUT2D eigenvalue weighted by Crippen LogP contribution is -2.31. The number of sulfonamides is 1. The summed E-state index contributed by atoms with van der Waals surface area (Å²) in [5.41, 5.74) is 0.785. The van der Waals surface area contributed by atoms with E-state index < -0.39 is 27.7 Å². The summed E-state index contributed by atoms with van der Waals surface area (Å²) in [4.78, 5) is 23.8. The first-order valence-corrected chi connectivity index (χ1v) is 10.8. The topological polar surface area (TPSA) is 92.8 Å². The molecule has 0 unspecified atom stereocenters. The van der Waals surface area contributed by atoms with Gasteiger partial charge in [0.05, 0.1) is 35.3 Å². The first kappa shape index (κ1) is 22.6. The Morgan fingerprint density at radius 1 is 1.17 bits per heavy atom. The van der Waals surface area contributed by atoms with Gasteiger partial charge in [-0.1, -0.05) is 11.6 Å². The van der Waals surface area contributed by atoms with Crippen molar-refractivity contribution >= 4 is 44.9 Å². The Morgan fingerprint density at radius 2 is 1.83 bits per heavy atom. The number of nitrogens with zero attached hydrogens (tertiary/aromatic N) is 1. The van der Waals surface area contributed by atoms with E-state index in [1.54, 1.807) is 0 Å². The van der Waals surface area contributed by atoms with Crippen LogP contribution in [0.4, 0.5) is 15.8 Å². The van der Waals surface area contributed by atoms with Crippen LogP contribution in [0.15, 0.2) is 42.5 Å². The Hall–Kier alpha value is -2.65. The van der Waals surface area contributed by atoms with E-state index in [2.05, 4.69) is 10.1 Å². The molecule has 0 saturated carbocycles. The van der Waals surface area contributed by atoms with Crippen LogP contribution in [0, 0.1) is 5.82 Å². The Labute approximate surface area is 173 Å². The Kier molecular flexibility index (Phi) is 7.58. The molecule has 0 heterocycles. The molecule has 2 aromatic carbocycles. The van der Waals surface area contributed by atoms with Crippen LogP contribution in [0.3, 0.4) is 0 Å². The zero-order valence-electron chi connectivity index (χ0n) is 15.8. The van der Waals surface area contributed by atoms with E-state index in [4.69, 9.17) is 11.6 Å². The zero-order chi connectivity index (χ0) is 21.6. The zero-order valence-corrected chi connectivity index (χ0v) is 17.4. The van der Waals surface area contributed by atoms with Gasteiger partial charge >= 0.3 is 5.97 Å². The highest BCUT2D eigenvalue weighted by molar-refractivity contribution is 7.92. The summed E-state index contributed by atoms with van der Waals surface area (Å²) in [6, 6.07) is 9.36. The van der Waals surface area contributed by atoms with Crippen molar-refractivity contribution in [3.8, 4) is 0 Å². The molecule has 0 radical (unpaired) electrons. The molecule has 0 aliphatic carbocycles. The van der Waals surface area contributed by atoms with Gasteiger partial charge in [-0.2, -0.15) is 0 Å². The number of nitrogens with one attached hydrogen (secondary N) is 1. The van der Waals surface area contributed by atoms with Crippen LogP contribution in [0.1, 0.15) is 23.2 Å². The molecule has 0 aromatic heterocycles. The van der Waals surface area contributed by atoms with Crippen molar-refractivity contribution in [1.29, 1.82) is 0 Å². The number of hydrogen-bond donors (Lipinski definition) is 1. The number of halogens is 2. The van der Waals surface area contributed by atoms with Crippen molar-refractivity contribution in [2.45, 2.75) is 12.8 Å². The predicted octanol–water partition coefficient (Wildman–Crippen LogP) is 3.45. The second-order valence-electron chi connectivity index (χ2n) is 6.15. The van der Waals surface area contributed by atoms with Crippen LogP contribution in [0.2, 0.25) is 5.02 Å². The van der Waals surface area contributed by atoms with Crippen molar-refractivity contribution < 1.29 is 27.1 Å². The number of hydrogen-bond acceptors (Lipinski definition) is 5. The molecule has 2 aromatic rings. The van der Waals surface area contributed by atoms with Gasteiger partial charge in [-0.3, -0.25) is 9.10 Å². The number of amides is 1. The van der Waals surface area contributed by atoms with Gasteiger partial charge in [0.2, 0.25) is 15.9 Å². The van der Waals surface area contributed by atoms with Crippen molar-refractivity contribution in [3.63, 3.8) is 0 Å². The fourth-order valence-corrected chi connectivity index (χ4v) is 3.69. The van der Waals surface area contributed by atoms with E-state index >= 15 is 0 Å². The third kappa shape index (κ3) is 6.43. The molecule has 0 aliphatic rings. The van der Waals surface area contributed by atoms with E-state index in [1.807, 2.05) is 0 Å². The average molecular weight is 443 g/mol. The molecule has 0 atom stereocenters. The number of carbonyl (C=O) groups excluding carboxylic acids is 2. The minimum absolute atomic E-state index is 0.00595. The highest BCUT2D eigenvalue weighted by atomic mass is 35.5. The van der Waals surface area contributed by atoms with Gasteiger partial charge in [0.1, 0.15) is 5.82 Å². The second kappa shape index (κ2) is 9.71. The number of methoxy groups -OCH3 is 1. The summed E-state index contributed by atoms with van der Waals surface area (Å²) in [5.74, 6) is -1.45. The lowest BCUT2D eigenvalue weighted by Gasteiger charge is -2.22. The summed E-state index contributed by atoms with van der Waals surface area (Å²) in [6.07, 6.45) is 1.26. The van der Waals surface area contributed by atoms with E-state index in [0.29, 0.717) is 5.69 Å². The Morgan fingerprint density at radius 3 is 2.41 bits per heavy atom. The Bertz CT molecular complexity index is 996. The van der Waals surface area contributed by atoms with E-state index in [0.717, 1.165) is 22.7 Å². The lowest BCUT2D eigenvalue weighted by molar-refractivity contribution is -0.116. The number of benzene rings is 2. The maximum atomic E-state index is 13.1. The molecular formula is C19H20ClFN2O5S. The van der Waals surface area contributed by atoms with E-state index in [-0.39, 0.29) is 35.7 Å². The summed E-state index contributed by atoms with van der Waals surface area (Å²) in [7, 11) is -2.37.